The van der Waals surface area contributed by atoms with Crippen LogP contribution in [0.2, 0.25) is 0 Å². The van der Waals surface area contributed by atoms with Gasteiger partial charge in [-0.3, -0.25) is 9.69 Å². The summed E-state index contributed by atoms with van der Waals surface area (Å²) in [4.78, 5) is 26.4. The third-order valence-electron chi connectivity index (χ3n) is 4.08. The summed E-state index contributed by atoms with van der Waals surface area (Å²) < 4.78 is 29.7. The molecule has 0 aromatic heterocycles. The van der Waals surface area contributed by atoms with Gasteiger partial charge in [-0.1, -0.05) is 12.1 Å². The number of sulfonamides is 1. The van der Waals surface area contributed by atoms with Crippen LogP contribution in [-0.4, -0.2) is 45.6 Å². The van der Waals surface area contributed by atoms with Crippen LogP contribution >= 0.6 is 0 Å². The van der Waals surface area contributed by atoms with E-state index >= 15 is 0 Å². The van der Waals surface area contributed by atoms with Gasteiger partial charge in [0.1, 0.15) is 11.4 Å². The minimum absolute atomic E-state index is 0.00503. The number of nitrogens with one attached hydrogen (secondary N) is 2. The van der Waals surface area contributed by atoms with Crippen molar-refractivity contribution in [2.75, 3.05) is 14.2 Å². The fourth-order valence-electron chi connectivity index (χ4n) is 2.45. The minimum atomic E-state index is -3.85. The van der Waals surface area contributed by atoms with Crippen LogP contribution in [0.4, 0.5) is 4.79 Å². The Hall–Kier alpha value is -3.66. The lowest BCUT2D eigenvalue weighted by molar-refractivity contribution is -0.121. The zero-order chi connectivity index (χ0) is 21.0. The number of urea groups is 1. The molecule has 3 amide bonds. The Morgan fingerprint density at radius 3 is 2.21 bits per heavy atom. The number of nitrogens with zero attached hydrogens (tertiary/aromatic N) is 2. The van der Waals surface area contributed by atoms with Gasteiger partial charge in [-0.25, -0.2) is 9.63 Å². The molecule has 0 aliphatic carbocycles. The predicted molar refractivity (Wildman–Crippen MR) is 107 cm³/mol. The molecule has 0 bridgehead atoms. The first-order valence-electron chi connectivity index (χ1n) is 8.40. The summed E-state index contributed by atoms with van der Waals surface area (Å²) in [7, 11) is -0.932. The zero-order valence-corrected chi connectivity index (χ0v) is 16.4. The van der Waals surface area contributed by atoms with Crippen molar-refractivity contribution in [2.24, 2.45) is 5.10 Å². The minimum Gasteiger partial charge on any atom is -0.497 e. The number of hydrogen-bond donors (Lipinski definition) is 2. The fourth-order valence-corrected chi connectivity index (χ4v) is 3.24. The third kappa shape index (κ3) is 4.61. The second-order valence-electron chi connectivity index (χ2n) is 6.05. The maximum Gasteiger partial charge on any atom is 0.328 e. The lowest BCUT2D eigenvalue weighted by Crippen LogP contribution is -2.25. The third-order valence-corrected chi connectivity index (χ3v) is 5.32. The van der Waals surface area contributed by atoms with Crippen LogP contribution in [0.15, 0.2) is 64.2 Å². The van der Waals surface area contributed by atoms with Crippen LogP contribution in [0.1, 0.15) is 11.1 Å². The molecule has 2 aromatic rings. The number of hydrogen-bond acceptors (Lipinski definition) is 6. The Morgan fingerprint density at radius 2 is 1.66 bits per heavy atom. The van der Waals surface area contributed by atoms with Crippen LogP contribution in [0.25, 0.3) is 6.08 Å². The number of likely N-dealkylation sites (N-methyl/N-ethyl adjacent to an activating group) is 1. The predicted octanol–water partition coefficient (Wildman–Crippen LogP) is 1.53. The van der Waals surface area contributed by atoms with E-state index < -0.39 is 22.0 Å². The summed E-state index contributed by atoms with van der Waals surface area (Å²) in [5, 5.41) is 6.20. The highest BCUT2D eigenvalue weighted by Gasteiger charge is 2.29. The quantitative estimate of drug-likeness (QED) is 0.322. The maximum absolute atomic E-state index is 12.3. The van der Waals surface area contributed by atoms with Crippen LogP contribution in [-0.2, 0) is 14.8 Å². The number of amides is 3. The van der Waals surface area contributed by atoms with Crippen molar-refractivity contribution < 1.29 is 22.7 Å². The Labute approximate surface area is 167 Å². The number of methoxy groups -OCH3 is 1. The number of hydrazone groups is 1. The van der Waals surface area contributed by atoms with Crippen molar-refractivity contribution in [3.8, 4) is 5.75 Å². The average molecular weight is 414 g/mol. The average Bonchev–Trinajstić information content (AvgIpc) is 2.95. The molecule has 29 heavy (non-hydrogen) atoms. The molecule has 1 fully saturated rings. The molecule has 2 N–H and O–H groups in total. The highest BCUT2D eigenvalue weighted by atomic mass is 32.2. The van der Waals surface area contributed by atoms with Gasteiger partial charge in [-0.2, -0.15) is 13.5 Å². The van der Waals surface area contributed by atoms with Gasteiger partial charge in [0, 0.05) is 7.05 Å². The molecule has 3 rings (SSSR count). The molecule has 1 heterocycles. The van der Waals surface area contributed by atoms with Crippen LogP contribution < -0.4 is 14.9 Å². The smallest absolute Gasteiger partial charge is 0.328 e. The van der Waals surface area contributed by atoms with Gasteiger partial charge in [0.05, 0.1) is 18.2 Å². The van der Waals surface area contributed by atoms with E-state index in [0.29, 0.717) is 16.9 Å². The molecule has 10 heteroatoms. The first-order valence-corrected chi connectivity index (χ1v) is 9.88. The molecule has 150 valence electrons. The van der Waals surface area contributed by atoms with Gasteiger partial charge in [0.15, 0.2) is 0 Å². The summed E-state index contributed by atoms with van der Waals surface area (Å²) in [6.45, 7) is 0. The molecular formula is C19H18N4O5S. The zero-order valence-electron chi connectivity index (χ0n) is 15.6. The molecular weight excluding hydrogens is 396 g/mol. The van der Waals surface area contributed by atoms with Crippen molar-refractivity contribution in [1.29, 1.82) is 0 Å². The maximum atomic E-state index is 12.3. The first-order chi connectivity index (χ1) is 13.8. The van der Waals surface area contributed by atoms with Crippen LogP contribution in [0, 0.1) is 0 Å². The van der Waals surface area contributed by atoms with Crippen molar-refractivity contribution in [3.63, 3.8) is 0 Å². The lowest BCUT2D eigenvalue weighted by atomic mass is 10.2. The summed E-state index contributed by atoms with van der Waals surface area (Å²) in [5.74, 6) is 0.226. The normalized spacial score (nSPS) is 15.8. The summed E-state index contributed by atoms with van der Waals surface area (Å²) in [5.41, 5.74) is 1.38. The molecule has 0 saturated carbocycles. The van der Waals surface area contributed by atoms with E-state index in [1.165, 1.54) is 43.6 Å². The Morgan fingerprint density at radius 1 is 1.03 bits per heavy atom. The van der Waals surface area contributed by atoms with E-state index in [1.807, 2.05) is 0 Å². The number of carbonyl (C=O) groups is 2. The lowest BCUT2D eigenvalue weighted by Gasteiger charge is -2.04. The number of imide groups is 1. The summed E-state index contributed by atoms with van der Waals surface area (Å²) in [6.07, 6.45) is 2.84. The second kappa shape index (κ2) is 8.15. The van der Waals surface area contributed by atoms with Crippen molar-refractivity contribution in [3.05, 3.63) is 65.4 Å². The standard InChI is InChI=1S/C19H18N4O5S/c1-23-18(24)17(21-19(23)25)11-13-5-9-16(10-6-13)29(26,27)22-20-12-14-3-7-15(28-2)8-4-14/h3-12,22H,1-2H3,(H,21,25)/b17-11-,20-12+. The van der Waals surface area contributed by atoms with Crippen LogP contribution in [0.5, 0.6) is 5.75 Å². The highest BCUT2D eigenvalue weighted by Crippen LogP contribution is 2.16. The molecule has 1 saturated heterocycles. The Kier molecular flexibility index (Phi) is 5.64. The molecule has 1 aliphatic heterocycles. The number of carbonyl (C=O) groups excluding carboxylic acids is 2. The highest BCUT2D eigenvalue weighted by molar-refractivity contribution is 7.89. The Bertz CT molecular complexity index is 1090. The second-order valence-corrected chi connectivity index (χ2v) is 7.71. The van der Waals surface area contributed by atoms with E-state index in [2.05, 4.69) is 15.2 Å². The monoisotopic (exact) mass is 414 g/mol. The SMILES string of the molecule is COc1ccc(/C=N/NS(=O)(=O)c2ccc(/C=C3\NC(=O)N(C)C3=O)cc2)cc1. The number of benzene rings is 2. The number of ether oxygens (including phenoxy) is 1. The molecule has 9 nitrogen and oxygen atoms in total. The van der Waals surface area contributed by atoms with Crippen molar-refractivity contribution >= 4 is 34.3 Å². The largest absolute Gasteiger partial charge is 0.497 e. The molecule has 0 radical (unpaired) electrons. The molecule has 0 atom stereocenters. The molecule has 0 unspecified atom stereocenters. The fraction of sp³-hybridized carbons (Fsp3) is 0.105. The van der Waals surface area contributed by atoms with E-state index in [4.69, 9.17) is 4.74 Å². The van der Waals surface area contributed by atoms with Crippen LogP contribution in [0.3, 0.4) is 0 Å². The molecule has 0 spiro atoms. The van der Waals surface area contributed by atoms with E-state index in [-0.39, 0.29) is 10.6 Å². The van der Waals surface area contributed by atoms with Gasteiger partial charge < -0.3 is 10.1 Å². The van der Waals surface area contributed by atoms with Gasteiger partial charge >= 0.3 is 6.03 Å². The molecule has 1 aliphatic rings. The first kappa shape index (κ1) is 20.1. The summed E-state index contributed by atoms with van der Waals surface area (Å²) in [6, 6.07) is 12.2. The van der Waals surface area contributed by atoms with Crippen molar-refractivity contribution in [2.45, 2.75) is 4.90 Å². The van der Waals surface area contributed by atoms with E-state index in [1.54, 1.807) is 31.4 Å². The van der Waals surface area contributed by atoms with Gasteiger partial charge in [-0.05, 0) is 53.6 Å². The van der Waals surface area contributed by atoms with Gasteiger partial charge in [0.25, 0.3) is 15.9 Å². The van der Waals surface area contributed by atoms with E-state index in [9.17, 15) is 18.0 Å². The van der Waals surface area contributed by atoms with Gasteiger partial charge in [-0.15, -0.1) is 0 Å². The molecule has 2 aromatic carbocycles. The van der Waals surface area contributed by atoms with Crippen molar-refractivity contribution in [1.82, 2.24) is 15.0 Å². The van der Waals surface area contributed by atoms with Gasteiger partial charge in [0.2, 0.25) is 0 Å². The van der Waals surface area contributed by atoms with E-state index in [0.717, 1.165) is 4.90 Å². The summed E-state index contributed by atoms with van der Waals surface area (Å²) >= 11 is 0. The topological polar surface area (TPSA) is 117 Å². The Balaban J connectivity index is 1.69. The number of rotatable bonds is 6.